The molecule has 3 heterocycles. The molecule has 2 aliphatic rings. The van der Waals surface area contributed by atoms with Gasteiger partial charge in [-0.3, -0.25) is 4.79 Å². The largest absolute Gasteiger partial charge is 0.368 e. The lowest BCUT2D eigenvalue weighted by atomic mass is 10.2. The smallest absolute Gasteiger partial charge is 0.318 e. The number of carbonyl (C=O) groups is 2. The number of anilines is 1. The van der Waals surface area contributed by atoms with Gasteiger partial charge in [-0.2, -0.15) is 4.98 Å². The zero-order valence-electron chi connectivity index (χ0n) is 18.9. The van der Waals surface area contributed by atoms with Crippen molar-refractivity contribution in [3.05, 3.63) is 41.5 Å². The molecule has 0 saturated carbocycles. The average molecular weight is 441 g/mol. The van der Waals surface area contributed by atoms with Crippen molar-refractivity contribution in [2.45, 2.75) is 45.6 Å². The lowest BCUT2D eigenvalue weighted by Gasteiger charge is -2.36. The number of carbonyl (C=O) groups excluding carboxylic acids is 2. The van der Waals surface area contributed by atoms with Crippen LogP contribution in [0.2, 0.25) is 0 Å². The Morgan fingerprint density at radius 1 is 1.19 bits per heavy atom. The van der Waals surface area contributed by atoms with Gasteiger partial charge in [-0.25, -0.2) is 4.79 Å². The SMILES string of the molecule is CCNC(=O)N1CCCC1c1noc(CCC(=O)N2CCN(c3cccc(C)c3)CC2)n1. The van der Waals surface area contributed by atoms with E-state index in [0.29, 0.717) is 50.7 Å². The number of amides is 3. The Morgan fingerprint density at radius 3 is 2.75 bits per heavy atom. The summed E-state index contributed by atoms with van der Waals surface area (Å²) in [6, 6.07) is 8.21. The first-order chi connectivity index (χ1) is 15.5. The number of benzene rings is 1. The van der Waals surface area contributed by atoms with Crippen LogP contribution in [0.4, 0.5) is 10.5 Å². The number of nitrogens with one attached hydrogen (secondary N) is 1. The molecule has 1 aromatic heterocycles. The molecule has 2 fully saturated rings. The summed E-state index contributed by atoms with van der Waals surface area (Å²) < 4.78 is 5.39. The molecule has 32 heavy (non-hydrogen) atoms. The van der Waals surface area contributed by atoms with Gasteiger partial charge < -0.3 is 24.5 Å². The molecule has 0 spiro atoms. The molecule has 2 aliphatic heterocycles. The maximum atomic E-state index is 12.7. The van der Waals surface area contributed by atoms with Gasteiger partial charge in [0.1, 0.15) is 0 Å². The molecule has 2 saturated heterocycles. The maximum absolute atomic E-state index is 12.7. The van der Waals surface area contributed by atoms with Crippen molar-refractivity contribution >= 4 is 17.6 Å². The van der Waals surface area contributed by atoms with E-state index in [1.807, 2.05) is 11.8 Å². The first kappa shape index (κ1) is 22.1. The summed E-state index contributed by atoms with van der Waals surface area (Å²) >= 11 is 0. The van der Waals surface area contributed by atoms with Crippen LogP contribution in [0.5, 0.6) is 0 Å². The van der Waals surface area contributed by atoms with Gasteiger partial charge in [0.25, 0.3) is 0 Å². The van der Waals surface area contributed by atoms with E-state index in [1.54, 1.807) is 4.90 Å². The Morgan fingerprint density at radius 2 is 2.00 bits per heavy atom. The highest BCUT2D eigenvalue weighted by atomic mass is 16.5. The molecule has 9 nitrogen and oxygen atoms in total. The fourth-order valence-corrected chi connectivity index (χ4v) is 4.45. The predicted molar refractivity (Wildman–Crippen MR) is 120 cm³/mol. The van der Waals surface area contributed by atoms with E-state index in [2.05, 4.69) is 51.5 Å². The monoisotopic (exact) mass is 440 g/mol. The Labute approximate surface area is 188 Å². The van der Waals surface area contributed by atoms with Crippen LogP contribution in [0.3, 0.4) is 0 Å². The van der Waals surface area contributed by atoms with Gasteiger partial charge in [-0.15, -0.1) is 0 Å². The van der Waals surface area contributed by atoms with Gasteiger partial charge >= 0.3 is 6.03 Å². The standard InChI is InChI=1S/C23H32N6O3/c1-3-24-23(31)29-11-5-8-19(29)22-25-20(32-26-22)9-10-21(30)28-14-12-27(13-15-28)18-7-4-6-17(2)16-18/h4,6-7,16,19H,3,5,8-15H2,1-2H3,(H,24,31). The van der Waals surface area contributed by atoms with Crippen LogP contribution in [0.15, 0.2) is 28.8 Å². The van der Waals surface area contributed by atoms with Gasteiger partial charge in [-0.05, 0) is 44.4 Å². The van der Waals surface area contributed by atoms with E-state index in [-0.39, 0.29) is 18.0 Å². The summed E-state index contributed by atoms with van der Waals surface area (Å²) in [5, 5.41) is 6.93. The van der Waals surface area contributed by atoms with Crippen molar-refractivity contribution in [3.63, 3.8) is 0 Å². The van der Waals surface area contributed by atoms with E-state index >= 15 is 0 Å². The van der Waals surface area contributed by atoms with Crippen molar-refractivity contribution in [2.75, 3.05) is 44.2 Å². The van der Waals surface area contributed by atoms with E-state index in [0.717, 1.165) is 25.9 Å². The fraction of sp³-hybridized carbons (Fsp3) is 0.565. The number of aryl methyl sites for hydroxylation is 2. The number of rotatable bonds is 6. The van der Waals surface area contributed by atoms with Crippen molar-refractivity contribution in [1.82, 2.24) is 25.3 Å². The number of nitrogens with zero attached hydrogens (tertiary/aromatic N) is 5. The molecule has 3 amide bonds. The highest BCUT2D eigenvalue weighted by Crippen LogP contribution is 2.30. The summed E-state index contributed by atoms with van der Waals surface area (Å²) in [7, 11) is 0. The number of urea groups is 1. The van der Waals surface area contributed by atoms with Gasteiger partial charge in [0, 0.05) is 57.8 Å². The van der Waals surface area contributed by atoms with Gasteiger partial charge in [0.2, 0.25) is 11.8 Å². The second kappa shape index (κ2) is 10.0. The predicted octanol–water partition coefficient (Wildman–Crippen LogP) is 2.53. The number of hydrogen-bond donors (Lipinski definition) is 1. The van der Waals surface area contributed by atoms with E-state index in [1.165, 1.54) is 11.3 Å². The van der Waals surface area contributed by atoms with Gasteiger partial charge in [0.05, 0.1) is 6.04 Å². The maximum Gasteiger partial charge on any atom is 0.318 e. The van der Waals surface area contributed by atoms with Crippen molar-refractivity contribution < 1.29 is 14.1 Å². The molecule has 1 aromatic carbocycles. The molecule has 1 unspecified atom stereocenters. The molecular formula is C23H32N6O3. The summed E-state index contributed by atoms with van der Waals surface area (Å²) in [6.07, 6.45) is 2.49. The van der Waals surface area contributed by atoms with Crippen LogP contribution in [0.1, 0.15) is 49.5 Å². The van der Waals surface area contributed by atoms with Gasteiger partial charge in [0.15, 0.2) is 5.82 Å². The molecule has 172 valence electrons. The first-order valence-electron chi connectivity index (χ1n) is 11.5. The summed E-state index contributed by atoms with van der Waals surface area (Å²) in [5.74, 6) is 1.09. The highest BCUT2D eigenvalue weighted by Gasteiger charge is 2.33. The number of hydrogen-bond acceptors (Lipinski definition) is 6. The topological polar surface area (TPSA) is 94.8 Å². The van der Waals surface area contributed by atoms with Crippen LogP contribution in [-0.4, -0.2) is 71.1 Å². The second-order valence-electron chi connectivity index (χ2n) is 8.44. The van der Waals surface area contributed by atoms with Crippen LogP contribution in [-0.2, 0) is 11.2 Å². The summed E-state index contributed by atoms with van der Waals surface area (Å²) in [6.45, 7) is 8.35. The zero-order chi connectivity index (χ0) is 22.5. The lowest BCUT2D eigenvalue weighted by molar-refractivity contribution is -0.131. The quantitative estimate of drug-likeness (QED) is 0.742. The Kier molecular flexibility index (Phi) is 6.92. The molecule has 1 atom stereocenters. The normalized spacial score (nSPS) is 18.8. The molecule has 4 rings (SSSR count). The number of piperazine rings is 1. The molecule has 0 bridgehead atoms. The Balaban J connectivity index is 1.26. The fourth-order valence-electron chi connectivity index (χ4n) is 4.45. The van der Waals surface area contributed by atoms with Crippen LogP contribution in [0, 0.1) is 6.92 Å². The third kappa shape index (κ3) is 5.03. The second-order valence-corrected chi connectivity index (χ2v) is 8.44. The minimum Gasteiger partial charge on any atom is -0.368 e. The van der Waals surface area contributed by atoms with E-state index in [9.17, 15) is 9.59 Å². The minimum atomic E-state index is -0.163. The molecule has 1 N–H and O–H groups in total. The average Bonchev–Trinajstić information content (AvgIpc) is 3.47. The Bertz CT molecular complexity index is 937. The van der Waals surface area contributed by atoms with Crippen LogP contribution in [0.25, 0.3) is 0 Å². The van der Waals surface area contributed by atoms with Crippen LogP contribution < -0.4 is 10.2 Å². The van der Waals surface area contributed by atoms with E-state index in [4.69, 9.17) is 4.52 Å². The zero-order valence-corrected chi connectivity index (χ0v) is 18.9. The first-order valence-corrected chi connectivity index (χ1v) is 11.5. The minimum absolute atomic E-state index is 0.0960. The summed E-state index contributed by atoms with van der Waals surface area (Å²) in [5.41, 5.74) is 2.45. The van der Waals surface area contributed by atoms with Gasteiger partial charge in [-0.1, -0.05) is 17.3 Å². The molecular weight excluding hydrogens is 408 g/mol. The molecule has 2 aromatic rings. The molecule has 9 heteroatoms. The van der Waals surface area contributed by atoms with Crippen molar-refractivity contribution in [2.24, 2.45) is 0 Å². The number of aromatic nitrogens is 2. The van der Waals surface area contributed by atoms with Crippen molar-refractivity contribution in [1.29, 1.82) is 0 Å². The highest BCUT2D eigenvalue weighted by molar-refractivity contribution is 5.76. The number of likely N-dealkylation sites (tertiary alicyclic amines) is 1. The Hall–Kier alpha value is -3.10. The van der Waals surface area contributed by atoms with Crippen molar-refractivity contribution in [3.8, 4) is 0 Å². The third-order valence-electron chi connectivity index (χ3n) is 6.18. The molecule has 0 radical (unpaired) electrons. The van der Waals surface area contributed by atoms with E-state index < -0.39 is 0 Å². The summed E-state index contributed by atoms with van der Waals surface area (Å²) in [4.78, 5) is 35.4. The molecule has 0 aliphatic carbocycles. The third-order valence-corrected chi connectivity index (χ3v) is 6.18. The van der Waals surface area contributed by atoms with Crippen LogP contribution >= 0.6 is 0 Å². The lowest BCUT2D eigenvalue weighted by Crippen LogP contribution is -2.48.